The molecule has 0 amide bonds. The van der Waals surface area contributed by atoms with Crippen LogP contribution in [0.2, 0.25) is 0 Å². The Labute approximate surface area is 128 Å². The molecule has 0 saturated heterocycles. The Balaban J connectivity index is 1.94. The number of pyridine rings is 1. The van der Waals surface area contributed by atoms with Gasteiger partial charge in [-0.15, -0.1) is 0 Å². The molecular formula is C15H11F3N4O. The van der Waals surface area contributed by atoms with Crippen molar-refractivity contribution < 1.29 is 17.6 Å². The molecule has 8 heteroatoms. The molecule has 0 spiro atoms. The summed E-state index contributed by atoms with van der Waals surface area (Å²) in [6, 6.07) is 6.15. The zero-order valence-corrected chi connectivity index (χ0v) is 11.6. The first kappa shape index (κ1) is 14.9. The quantitative estimate of drug-likeness (QED) is 0.753. The smallest absolute Gasteiger partial charge is 0.416 e. The number of anilines is 2. The van der Waals surface area contributed by atoms with E-state index in [1.165, 1.54) is 24.5 Å². The minimum absolute atomic E-state index is 0.192. The first-order chi connectivity index (χ1) is 10.8. The van der Waals surface area contributed by atoms with Gasteiger partial charge in [-0.25, -0.2) is 9.97 Å². The zero-order chi connectivity index (χ0) is 16.6. The molecule has 1 aromatic carbocycles. The standard InChI is InChI=1S/C15H11F3N4O/c16-15(17,18)9-3-1-8(2-4-9)12-7-22-14(23-12)11-5-10(19)6-21-13(11)20/h1-7H,19H2,(H2,20,21). The Hall–Kier alpha value is -3.03. The first-order valence-corrected chi connectivity index (χ1v) is 6.49. The summed E-state index contributed by atoms with van der Waals surface area (Å²) in [4.78, 5) is 7.97. The third-order valence-corrected chi connectivity index (χ3v) is 3.17. The average molecular weight is 320 g/mol. The van der Waals surface area contributed by atoms with Crippen molar-refractivity contribution in [2.45, 2.75) is 6.18 Å². The molecule has 0 aliphatic heterocycles. The predicted molar refractivity (Wildman–Crippen MR) is 79.0 cm³/mol. The lowest BCUT2D eigenvalue weighted by Gasteiger charge is -2.06. The number of halogens is 3. The highest BCUT2D eigenvalue weighted by atomic mass is 19.4. The van der Waals surface area contributed by atoms with Gasteiger partial charge in [0.05, 0.1) is 29.2 Å². The zero-order valence-electron chi connectivity index (χ0n) is 11.6. The van der Waals surface area contributed by atoms with Crippen LogP contribution >= 0.6 is 0 Å². The van der Waals surface area contributed by atoms with E-state index >= 15 is 0 Å². The lowest BCUT2D eigenvalue weighted by molar-refractivity contribution is -0.137. The van der Waals surface area contributed by atoms with Gasteiger partial charge in [0.15, 0.2) is 5.76 Å². The molecule has 0 unspecified atom stereocenters. The van der Waals surface area contributed by atoms with Crippen LogP contribution in [0.3, 0.4) is 0 Å². The number of hydrogen-bond donors (Lipinski definition) is 2. The molecule has 5 nitrogen and oxygen atoms in total. The third kappa shape index (κ3) is 2.96. The fourth-order valence-corrected chi connectivity index (χ4v) is 2.02. The summed E-state index contributed by atoms with van der Waals surface area (Å²) in [5.41, 5.74) is 11.9. The van der Waals surface area contributed by atoms with Crippen molar-refractivity contribution >= 4 is 11.5 Å². The van der Waals surface area contributed by atoms with Crippen LogP contribution in [-0.2, 0) is 6.18 Å². The van der Waals surface area contributed by atoms with Crippen LogP contribution in [0.25, 0.3) is 22.8 Å². The molecule has 2 heterocycles. The average Bonchev–Trinajstić information content (AvgIpc) is 2.99. The van der Waals surface area contributed by atoms with Gasteiger partial charge in [0.25, 0.3) is 0 Å². The largest absolute Gasteiger partial charge is 0.436 e. The van der Waals surface area contributed by atoms with Gasteiger partial charge < -0.3 is 15.9 Å². The van der Waals surface area contributed by atoms with Crippen molar-refractivity contribution in [1.82, 2.24) is 9.97 Å². The van der Waals surface area contributed by atoms with Gasteiger partial charge in [0.1, 0.15) is 5.82 Å². The van der Waals surface area contributed by atoms with Crippen molar-refractivity contribution in [3.8, 4) is 22.8 Å². The van der Waals surface area contributed by atoms with Crippen LogP contribution < -0.4 is 11.5 Å². The number of oxazole rings is 1. The molecule has 3 rings (SSSR count). The van der Waals surface area contributed by atoms with Gasteiger partial charge in [0.2, 0.25) is 5.89 Å². The second kappa shape index (κ2) is 5.31. The van der Waals surface area contributed by atoms with Crippen molar-refractivity contribution in [3.05, 3.63) is 48.3 Å². The Morgan fingerprint density at radius 2 is 1.65 bits per heavy atom. The highest BCUT2D eigenvalue weighted by Gasteiger charge is 2.30. The van der Waals surface area contributed by atoms with Crippen LogP contribution in [0.5, 0.6) is 0 Å². The molecule has 23 heavy (non-hydrogen) atoms. The van der Waals surface area contributed by atoms with Crippen LogP contribution in [0.15, 0.2) is 47.1 Å². The lowest BCUT2D eigenvalue weighted by Crippen LogP contribution is -2.03. The van der Waals surface area contributed by atoms with Gasteiger partial charge in [0, 0.05) is 5.56 Å². The maximum atomic E-state index is 12.6. The number of nitrogen functional groups attached to an aromatic ring is 2. The van der Waals surface area contributed by atoms with E-state index in [-0.39, 0.29) is 11.7 Å². The van der Waals surface area contributed by atoms with E-state index in [1.807, 2.05) is 0 Å². The number of nitrogens with zero attached hydrogens (tertiary/aromatic N) is 2. The fraction of sp³-hybridized carbons (Fsp3) is 0.0667. The molecule has 0 fully saturated rings. The number of benzene rings is 1. The van der Waals surface area contributed by atoms with Crippen LogP contribution in [0, 0.1) is 0 Å². The minimum atomic E-state index is -4.38. The molecule has 0 bridgehead atoms. The summed E-state index contributed by atoms with van der Waals surface area (Å²) < 4.78 is 43.2. The molecule has 4 N–H and O–H groups in total. The maximum Gasteiger partial charge on any atom is 0.416 e. The van der Waals surface area contributed by atoms with Gasteiger partial charge >= 0.3 is 6.18 Å². The Morgan fingerprint density at radius 3 is 2.30 bits per heavy atom. The molecule has 2 aromatic heterocycles. The number of aromatic nitrogens is 2. The molecule has 0 radical (unpaired) electrons. The van der Waals surface area contributed by atoms with Crippen molar-refractivity contribution in [3.63, 3.8) is 0 Å². The van der Waals surface area contributed by atoms with E-state index in [0.29, 0.717) is 22.6 Å². The molecule has 118 valence electrons. The summed E-state index contributed by atoms with van der Waals surface area (Å²) in [6.45, 7) is 0. The maximum absolute atomic E-state index is 12.6. The van der Waals surface area contributed by atoms with Crippen molar-refractivity contribution in [2.24, 2.45) is 0 Å². The van der Waals surface area contributed by atoms with E-state index < -0.39 is 11.7 Å². The highest BCUT2D eigenvalue weighted by molar-refractivity contribution is 5.72. The SMILES string of the molecule is Nc1cnc(N)c(-c2ncc(-c3ccc(C(F)(F)F)cc3)o2)c1. The van der Waals surface area contributed by atoms with Gasteiger partial charge in [-0.05, 0) is 18.2 Å². The van der Waals surface area contributed by atoms with Crippen LogP contribution in [-0.4, -0.2) is 9.97 Å². The summed E-state index contributed by atoms with van der Waals surface area (Å²) in [7, 11) is 0. The molecule has 0 aliphatic carbocycles. The Kier molecular flexibility index (Phi) is 3.44. The number of alkyl halides is 3. The van der Waals surface area contributed by atoms with E-state index in [0.717, 1.165) is 12.1 Å². The topological polar surface area (TPSA) is 91.0 Å². The normalized spacial score (nSPS) is 11.6. The van der Waals surface area contributed by atoms with E-state index in [9.17, 15) is 13.2 Å². The number of rotatable bonds is 2. The summed E-state index contributed by atoms with van der Waals surface area (Å²) in [5.74, 6) is 0.702. The molecule has 3 aromatic rings. The van der Waals surface area contributed by atoms with Crippen LogP contribution in [0.1, 0.15) is 5.56 Å². The Bertz CT molecular complexity index is 841. The first-order valence-electron chi connectivity index (χ1n) is 6.49. The molecular weight excluding hydrogens is 309 g/mol. The molecule has 0 aliphatic rings. The number of hydrogen-bond acceptors (Lipinski definition) is 5. The summed E-state index contributed by atoms with van der Waals surface area (Å²) >= 11 is 0. The second-order valence-corrected chi connectivity index (χ2v) is 4.81. The predicted octanol–water partition coefficient (Wildman–Crippen LogP) is 3.59. The van der Waals surface area contributed by atoms with Gasteiger partial charge in [-0.3, -0.25) is 0 Å². The molecule has 0 atom stereocenters. The summed E-state index contributed by atoms with van der Waals surface area (Å²) in [6.07, 6.45) is -1.58. The van der Waals surface area contributed by atoms with Gasteiger partial charge in [-0.2, -0.15) is 13.2 Å². The van der Waals surface area contributed by atoms with Crippen molar-refractivity contribution in [1.29, 1.82) is 0 Å². The Morgan fingerprint density at radius 1 is 0.957 bits per heavy atom. The lowest BCUT2D eigenvalue weighted by atomic mass is 10.1. The van der Waals surface area contributed by atoms with Gasteiger partial charge in [-0.1, -0.05) is 12.1 Å². The van der Waals surface area contributed by atoms with E-state index in [2.05, 4.69) is 9.97 Å². The number of nitrogens with two attached hydrogens (primary N) is 2. The summed E-state index contributed by atoms with van der Waals surface area (Å²) in [5, 5.41) is 0. The fourth-order valence-electron chi connectivity index (χ4n) is 2.02. The third-order valence-electron chi connectivity index (χ3n) is 3.17. The monoisotopic (exact) mass is 320 g/mol. The van der Waals surface area contributed by atoms with Crippen molar-refractivity contribution in [2.75, 3.05) is 11.5 Å². The highest BCUT2D eigenvalue weighted by Crippen LogP contribution is 2.33. The minimum Gasteiger partial charge on any atom is -0.436 e. The second-order valence-electron chi connectivity index (χ2n) is 4.81. The van der Waals surface area contributed by atoms with E-state index in [1.54, 1.807) is 6.07 Å². The van der Waals surface area contributed by atoms with E-state index in [4.69, 9.17) is 15.9 Å². The van der Waals surface area contributed by atoms with Crippen LogP contribution in [0.4, 0.5) is 24.7 Å². The molecule has 0 saturated carbocycles.